The SMILES string of the molecule is CCN1C(=O)CC(C(=O)Nc2ccc(Br)cc2)SC1=Nc1cccc(F)c1. The lowest BCUT2D eigenvalue weighted by atomic mass is 10.2. The summed E-state index contributed by atoms with van der Waals surface area (Å²) >= 11 is 4.56. The van der Waals surface area contributed by atoms with E-state index in [9.17, 15) is 14.0 Å². The van der Waals surface area contributed by atoms with Gasteiger partial charge in [0.05, 0.1) is 5.69 Å². The summed E-state index contributed by atoms with van der Waals surface area (Å²) in [6.07, 6.45) is 0.0863. The van der Waals surface area contributed by atoms with E-state index in [4.69, 9.17) is 0 Å². The molecule has 1 N–H and O–H groups in total. The van der Waals surface area contributed by atoms with Gasteiger partial charge in [-0.15, -0.1) is 0 Å². The maximum Gasteiger partial charge on any atom is 0.238 e. The summed E-state index contributed by atoms with van der Waals surface area (Å²) in [6, 6.07) is 13.0. The van der Waals surface area contributed by atoms with E-state index in [1.165, 1.54) is 28.8 Å². The second-order valence-electron chi connectivity index (χ2n) is 5.82. The van der Waals surface area contributed by atoms with Crippen LogP contribution in [0.1, 0.15) is 13.3 Å². The van der Waals surface area contributed by atoms with Crippen molar-refractivity contribution in [3.05, 3.63) is 58.8 Å². The zero-order chi connectivity index (χ0) is 19.4. The Morgan fingerprint density at radius 1 is 1.33 bits per heavy atom. The molecule has 0 radical (unpaired) electrons. The highest BCUT2D eigenvalue weighted by Gasteiger charge is 2.35. The predicted octanol–water partition coefficient (Wildman–Crippen LogP) is 4.57. The molecular formula is C19H17BrFN3O2S. The first kappa shape index (κ1) is 19.6. The third kappa shape index (κ3) is 4.95. The number of halogens is 2. The number of carbonyl (C=O) groups is 2. The van der Waals surface area contributed by atoms with Crippen molar-refractivity contribution >= 4 is 56.0 Å². The Kier molecular flexibility index (Phi) is 6.28. The van der Waals surface area contributed by atoms with Crippen molar-refractivity contribution in [2.24, 2.45) is 4.99 Å². The minimum atomic E-state index is -0.601. The number of hydrogen-bond acceptors (Lipinski definition) is 4. The van der Waals surface area contributed by atoms with E-state index in [1.807, 2.05) is 19.1 Å². The second-order valence-corrected chi connectivity index (χ2v) is 7.90. The number of rotatable bonds is 4. The molecule has 5 nitrogen and oxygen atoms in total. The molecule has 1 aliphatic heterocycles. The number of thioether (sulfide) groups is 1. The van der Waals surface area contributed by atoms with Crippen molar-refractivity contribution in [3.8, 4) is 0 Å². The Labute approximate surface area is 169 Å². The van der Waals surface area contributed by atoms with E-state index in [-0.39, 0.29) is 18.2 Å². The molecule has 2 amide bonds. The van der Waals surface area contributed by atoms with Crippen LogP contribution in [0.15, 0.2) is 58.0 Å². The first-order valence-corrected chi connectivity index (χ1v) is 10.0. The van der Waals surface area contributed by atoms with Gasteiger partial charge in [0.25, 0.3) is 0 Å². The highest BCUT2D eigenvalue weighted by molar-refractivity contribution is 9.10. The van der Waals surface area contributed by atoms with Crippen LogP contribution in [0, 0.1) is 5.82 Å². The van der Waals surface area contributed by atoms with Gasteiger partial charge in [0, 0.05) is 23.1 Å². The number of nitrogens with zero attached hydrogens (tertiary/aromatic N) is 2. The predicted molar refractivity (Wildman–Crippen MR) is 110 cm³/mol. The van der Waals surface area contributed by atoms with E-state index >= 15 is 0 Å². The van der Waals surface area contributed by atoms with Crippen molar-refractivity contribution < 1.29 is 14.0 Å². The summed E-state index contributed by atoms with van der Waals surface area (Å²) in [7, 11) is 0. The van der Waals surface area contributed by atoms with Crippen molar-refractivity contribution in [1.82, 2.24) is 4.90 Å². The Hall–Kier alpha value is -2.19. The maximum absolute atomic E-state index is 13.4. The maximum atomic E-state index is 13.4. The Morgan fingerprint density at radius 2 is 2.07 bits per heavy atom. The van der Waals surface area contributed by atoms with E-state index < -0.39 is 11.1 Å². The first-order valence-electron chi connectivity index (χ1n) is 8.34. The molecule has 1 saturated heterocycles. The second kappa shape index (κ2) is 8.67. The normalized spacial score (nSPS) is 18.6. The zero-order valence-corrected chi connectivity index (χ0v) is 16.9. The molecule has 1 unspecified atom stereocenters. The molecule has 0 bridgehead atoms. The van der Waals surface area contributed by atoms with E-state index in [1.54, 1.807) is 24.3 Å². The minimum absolute atomic E-state index is 0.0863. The topological polar surface area (TPSA) is 61.8 Å². The van der Waals surface area contributed by atoms with Crippen LogP contribution >= 0.6 is 27.7 Å². The van der Waals surface area contributed by atoms with Gasteiger partial charge in [-0.3, -0.25) is 14.5 Å². The third-order valence-corrected chi connectivity index (χ3v) is 5.61. The highest BCUT2D eigenvalue weighted by Crippen LogP contribution is 2.30. The lowest BCUT2D eigenvalue weighted by Crippen LogP contribution is -2.45. The largest absolute Gasteiger partial charge is 0.325 e. The Balaban J connectivity index is 1.80. The van der Waals surface area contributed by atoms with Crippen LogP contribution in [-0.2, 0) is 9.59 Å². The Morgan fingerprint density at radius 3 is 2.74 bits per heavy atom. The van der Waals surface area contributed by atoms with Crippen LogP contribution in [0.2, 0.25) is 0 Å². The quantitative estimate of drug-likeness (QED) is 0.743. The molecule has 27 heavy (non-hydrogen) atoms. The van der Waals surface area contributed by atoms with Crippen LogP contribution in [0.4, 0.5) is 15.8 Å². The molecule has 2 aromatic carbocycles. The van der Waals surface area contributed by atoms with Crippen LogP contribution in [0.25, 0.3) is 0 Å². The van der Waals surface area contributed by atoms with Gasteiger partial charge in [-0.2, -0.15) is 0 Å². The van der Waals surface area contributed by atoms with Gasteiger partial charge >= 0.3 is 0 Å². The van der Waals surface area contributed by atoms with Gasteiger partial charge in [0.2, 0.25) is 11.8 Å². The van der Waals surface area contributed by atoms with Crippen LogP contribution in [0.3, 0.4) is 0 Å². The average molecular weight is 450 g/mol. The van der Waals surface area contributed by atoms with Gasteiger partial charge in [0.15, 0.2) is 5.17 Å². The molecule has 2 aromatic rings. The number of carbonyl (C=O) groups excluding carboxylic acids is 2. The molecule has 140 valence electrons. The molecule has 3 rings (SSSR count). The fraction of sp³-hybridized carbons (Fsp3) is 0.211. The molecule has 0 saturated carbocycles. The summed E-state index contributed by atoms with van der Waals surface area (Å²) < 4.78 is 14.3. The smallest absolute Gasteiger partial charge is 0.238 e. The van der Waals surface area contributed by atoms with Gasteiger partial charge in [-0.05, 0) is 49.4 Å². The Bertz CT molecular complexity index is 889. The summed E-state index contributed by atoms with van der Waals surface area (Å²) in [5, 5.41) is 2.62. The van der Waals surface area contributed by atoms with Gasteiger partial charge in [-0.1, -0.05) is 33.8 Å². The number of anilines is 1. The standard InChI is InChI=1S/C19H17BrFN3O2S/c1-2-24-17(25)11-16(18(26)22-14-8-6-12(20)7-9-14)27-19(24)23-15-5-3-4-13(21)10-15/h3-10,16H,2,11H2,1H3,(H,22,26). The van der Waals surface area contributed by atoms with E-state index in [2.05, 4.69) is 26.2 Å². The van der Waals surface area contributed by atoms with E-state index in [0.29, 0.717) is 23.1 Å². The van der Waals surface area contributed by atoms with Crippen molar-refractivity contribution in [2.45, 2.75) is 18.6 Å². The number of benzene rings is 2. The fourth-order valence-corrected chi connectivity index (χ4v) is 3.99. The molecular weight excluding hydrogens is 433 g/mol. The van der Waals surface area contributed by atoms with Gasteiger partial charge in [0.1, 0.15) is 11.1 Å². The van der Waals surface area contributed by atoms with Crippen molar-refractivity contribution in [2.75, 3.05) is 11.9 Å². The lowest BCUT2D eigenvalue weighted by Gasteiger charge is -2.30. The number of hydrogen-bond donors (Lipinski definition) is 1. The summed E-state index contributed by atoms with van der Waals surface area (Å²) in [5.41, 5.74) is 1.05. The molecule has 1 fully saturated rings. The highest BCUT2D eigenvalue weighted by atomic mass is 79.9. The number of aliphatic imine (C=N–C) groups is 1. The summed E-state index contributed by atoms with van der Waals surface area (Å²) in [4.78, 5) is 31.0. The zero-order valence-electron chi connectivity index (χ0n) is 14.5. The van der Waals surface area contributed by atoms with E-state index in [0.717, 1.165) is 4.47 Å². The summed E-state index contributed by atoms with van der Waals surface area (Å²) in [6.45, 7) is 2.27. The van der Waals surface area contributed by atoms with Crippen LogP contribution < -0.4 is 5.32 Å². The van der Waals surface area contributed by atoms with Crippen LogP contribution in [0.5, 0.6) is 0 Å². The van der Waals surface area contributed by atoms with Crippen LogP contribution in [-0.4, -0.2) is 33.7 Å². The van der Waals surface area contributed by atoms with Gasteiger partial charge in [-0.25, -0.2) is 9.38 Å². The lowest BCUT2D eigenvalue weighted by molar-refractivity contribution is -0.129. The molecule has 1 atom stereocenters. The first-order chi connectivity index (χ1) is 13.0. The van der Waals surface area contributed by atoms with Crippen molar-refractivity contribution in [1.29, 1.82) is 0 Å². The number of amides is 2. The average Bonchev–Trinajstić information content (AvgIpc) is 2.63. The minimum Gasteiger partial charge on any atom is -0.325 e. The monoisotopic (exact) mass is 449 g/mol. The fourth-order valence-electron chi connectivity index (χ4n) is 2.56. The molecule has 1 heterocycles. The molecule has 1 aliphatic rings. The third-order valence-electron chi connectivity index (χ3n) is 3.89. The summed E-state index contributed by atoms with van der Waals surface area (Å²) in [5.74, 6) is -0.850. The van der Waals surface area contributed by atoms with Gasteiger partial charge < -0.3 is 5.32 Å². The van der Waals surface area contributed by atoms with Crippen molar-refractivity contribution in [3.63, 3.8) is 0 Å². The number of nitrogens with one attached hydrogen (secondary N) is 1. The molecule has 0 spiro atoms. The molecule has 8 heteroatoms. The molecule has 0 aliphatic carbocycles. The number of amidine groups is 1. The molecule has 0 aromatic heterocycles.